The molecule has 15 heavy (non-hydrogen) atoms. The van der Waals surface area contributed by atoms with Gasteiger partial charge in [0, 0.05) is 12.6 Å². The van der Waals surface area contributed by atoms with E-state index in [1.807, 2.05) is 14.1 Å². The molecular formula is C9H16ClN5. The van der Waals surface area contributed by atoms with Gasteiger partial charge in [0.2, 0.25) is 0 Å². The lowest BCUT2D eigenvalue weighted by atomic mass is 10.3. The first kappa shape index (κ1) is 12.0. The van der Waals surface area contributed by atoms with E-state index in [0.29, 0.717) is 11.5 Å². The summed E-state index contributed by atoms with van der Waals surface area (Å²) in [7, 11) is 4.02. The minimum Gasteiger partial charge on any atom is -0.393 e. The number of nitrogens with two attached hydrogens (primary N) is 1. The quantitative estimate of drug-likeness (QED) is 0.757. The van der Waals surface area contributed by atoms with Crippen molar-refractivity contribution in [3.05, 3.63) is 11.5 Å². The van der Waals surface area contributed by atoms with Crippen LogP contribution in [0, 0.1) is 0 Å². The van der Waals surface area contributed by atoms with E-state index < -0.39 is 0 Å². The van der Waals surface area contributed by atoms with Gasteiger partial charge in [0.15, 0.2) is 11.0 Å². The summed E-state index contributed by atoms with van der Waals surface area (Å²) in [6.07, 6.45) is 1.39. The maximum absolute atomic E-state index is 5.78. The maximum Gasteiger partial charge on any atom is 0.157 e. The highest BCUT2D eigenvalue weighted by Gasteiger charge is 2.09. The molecule has 0 fully saturated rings. The van der Waals surface area contributed by atoms with Crippen molar-refractivity contribution in [2.24, 2.45) is 0 Å². The molecule has 0 aliphatic rings. The third-order valence-corrected chi connectivity index (χ3v) is 2.16. The number of hydrogen-bond acceptors (Lipinski definition) is 5. The Morgan fingerprint density at radius 3 is 2.80 bits per heavy atom. The van der Waals surface area contributed by atoms with E-state index in [9.17, 15) is 0 Å². The van der Waals surface area contributed by atoms with E-state index in [-0.39, 0.29) is 11.2 Å². The number of rotatable bonds is 4. The lowest BCUT2D eigenvalue weighted by molar-refractivity contribution is 0.392. The summed E-state index contributed by atoms with van der Waals surface area (Å²) in [5, 5.41) is 3.46. The smallest absolute Gasteiger partial charge is 0.157 e. The number of nitrogens with one attached hydrogen (secondary N) is 1. The highest BCUT2D eigenvalue weighted by Crippen LogP contribution is 2.22. The highest BCUT2D eigenvalue weighted by molar-refractivity contribution is 6.32. The van der Waals surface area contributed by atoms with Crippen LogP contribution in [0.15, 0.2) is 6.33 Å². The van der Waals surface area contributed by atoms with Crippen LogP contribution in [0.3, 0.4) is 0 Å². The van der Waals surface area contributed by atoms with Crippen LogP contribution in [-0.2, 0) is 0 Å². The average Bonchev–Trinajstić information content (AvgIpc) is 2.11. The van der Waals surface area contributed by atoms with Gasteiger partial charge in [-0.3, -0.25) is 0 Å². The zero-order chi connectivity index (χ0) is 11.4. The SMILES string of the molecule is CC(CN(C)C)Nc1ncnc(Cl)c1N. The molecule has 0 aromatic carbocycles. The molecule has 5 nitrogen and oxygen atoms in total. The standard InChI is InChI=1S/C9H16ClN5/c1-6(4-15(2)3)14-9-7(11)8(10)12-5-13-9/h5-6H,4,11H2,1-3H3,(H,12,13,14). The van der Waals surface area contributed by atoms with Crippen molar-refractivity contribution < 1.29 is 0 Å². The summed E-state index contributed by atoms with van der Waals surface area (Å²) in [5.41, 5.74) is 6.12. The molecule has 3 N–H and O–H groups in total. The molecule has 0 spiro atoms. The molecule has 6 heteroatoms. The van der Waals surface area contributed by atoms with E-state index in [1.165, 1.54) is 6.33 Å². The van der Waals surface area contributed by atoms with Gasteiger partial charge in [0.1, 0.15) is 12.0 Å². The van der Waals surface area contributed by atoms with Crippen LogP contribution in [-0.4, -0.2) is 41.5 Å². The number of nitrogens with zero attached hydrogens (tertiary/aromatic N) is 3. The minimum absolute atomic E-state index is 0.244. The van der Waals surface area contributed by atoms with Crippen molar-refractivity contribution in [1.82, 2.24) is 14.9 Å². The van der Waals surface area contributed by atoms with Gasteiger partial charge in [0.05, 0.1) is 0 Å². The number of likely N-dealkylation sites (N-methyl/N-ethyl adjacent to an activating group) is 1. The van der Waals surface area contributed by atoms with Crippen LogP contribution in [0.1, 0.15) is 6.92 Å². The van der Waals surface area contributed by atoms with Crippen LogP contribution in [0.4, 0.5) is 11.5 Å². The van der Waals surface area contributed by atoms with Gasteiger partial charge in [-0.2, -0.15) is 0 Å². The lowest BCUT2D eigenvalue weighted by Gasteiger charge is -2.19. The Labute approximate surface area is 94.6 Å². The molecular weight excluding hydrogens is 214 g/mol. The highest BCUT2D eigenvalue weighted by atomic mass is 35.5. The number of anilines is 2. The van der Waals surface area contributed by atoms with E-state index in [4.69, 9.17) is 17.3 Å². The molecule has 1 heterocycles. The van der Waals surface area contributed by atoms with Crippen molar-refractivity contribution in [3.8, 4) is 0 Å². The van der Waals surface area contributed by atoms with Gasteiger partial charge in [-0.1, -0.05) is 11.6 Å². The zero-order valence-corrected chi connectivity index (χ0v) is 9.91. The first-order valence-electron chi connectivity index (χ1n) is 4.68. The van der Waals surface area contributed by atoms with Gasteiger partial charge in [-0.05, 0) is 21.0 Å². The third kappa shape index (κ3) is 3.53. The van der Waals surface area contributed by atoms with Crippen molar-refractivity contribution in [3.63, 3.8) is 0 Å². The second kappa shape index (κ2) is 5.14. The number of halogens is 1. The van der Waals surface area contributed by atoms with Crippen LogP contribution >= 0.6 is 11.6 Å². The Morgan fingerprint density at radius 2 is 2.20 bits per heavy atom. The summed E-state index contributed by atoms with van der Waals surface area (Å²) >= 11 is 5.78. The molecule has 1 unspecified atom stereocenters. The molecule has 1 aromatic rings. The molecule has 0 aliphatic heterocycles. The van der Waals surface area contributed by atoms with Crippen molar-refractivity contribution >= 4 is 23.1 Å². The summed E-state index contributed by atoms with van der Waals surface area (Å²) in [6.45, 7) is 2.94. The van der Waals surface area contributed by atoms with E-state index in [2.05, 4.69) is 27.1 Å². The van der Waals surface area contributed by atoms with Gasteiger partial charge < -0.3 is 16.0 Å². The normalized spacial score (nSPS) is 12.9. The predicted octanol–water partition coefficient (Wildman–Crippen LogP) is 1.07. The molecule has 0 radical (unpaired) electrons. The summed E-state index contributed by atoms with van der Waals surface area (Å²) in [5.74, 6) is 0.587. The molecule has 1 atom stereocenters. The second-order valence-electron chi connectivity index (χ2n) is 3.73. The Morgan fingerprint density at radius 1 is 1.53 bits per heavy atom. The van der Waals surface area contributed by atoms with Gasteiger partial charge in [0.25, 0.3) is 0 Å². The summed E-state index contributed by atoms with van der Waals surface area (Å²) in [4.78, 5) is 9.90. The topological polar surface area (TPSA) is 67.1 Å². The minimum atomic E-state index is 0.244. The monoisotopic (exact) mass is 229 g/mol. The molecule has 0 saturated carbocycles. The van der Waals surface area contributed by atoms with E-state index >= 15 is 0 Å². The van der Waals surface area contributed by atoms with Crippen LogP contribution in [0.2, 0.25) is 5.15 Å². The van der Waals surface area contributed by atoms with Gasteiger partial charge in [-0.25, -0.2) is 9.97 Å². The molecule has 0 amide bonds. The van der Waals surface area contributed by atoms with Crippen LogP contribution in [0.25, 0.3) is 0 Å². The Kier molecular flexibility index (Phi) is 4.11. The first-order chi connectivity index (χ1) is 7.00. The van der Waals surface area contributed by atoms with E-state index in [1.54, 1.807) is 0 Å². The Hall–Kier alpha value is -1.07. The Bertz CT molecular complexity index is 328. The lowest BCUT2D eigenvalue weighted by Crippen LogP contribution is -2.30. The van der Waals surface area contributed by atoms with Crippen molar-refractivity contribution in [2.45, 2.75) is 13.0 Å². The average molecular weight is 230 g/mol. The molecule has 1 aromatic heterocycles. The van der Waals surface area contributed by atoms with Gasteiger partial charge >= 0.3 is 0 Å². The summed E-state index contributed by atoms with van der Waals surface area (Å²) < 4.78 is 0. The van der Waals surface area contributed by atoms with Crippen molar-refractivity contribution in [1.29, 1.82) is 0 Å². The van der Waals surface area contributed by atoms with Crippen LogP contribution in [0.5, 0.6) is 0 Å². The fourth-order valence-corrected chi connectivity index (χ4v) is 1.45. The fourth-order valence-electron chi connectivity index (χ4n) is 1.32. The largest absolute Gasteiger partial charge is 0.393 e. The van der Waals surface area contributed by atoms with E-state index in [0.717, 1.165) is 6.54 Å². The second-order valence-corrected chi connectivity index (χ2v) is 4.09. The molecule has 0 aliphatic carbocycles. The number of hydrogen-bond donors (Lipinski definition) is 2. The van der Waals surface area contributed by atoms with Crippen LogP contribution < -0.4 is 11.1 Å². The maximum atomic E-state index is 5.78. The summed E-state index contributed by atoms with van der Waals surface area (Å²) in [6, 6.07) is 0.244. The van der Waals surface area contributed by atoms with Crippen molar-refractivity contribution in [2.75, 3.05) is 31.7 Å². The fraction of sp³-hybridized carbons (Fsp3) is 0.556. The third-order valence-electron chi connectivity index (χ3n) is 1.86. The first-order valence-corrected chi connectivity index (χ1v) is 5.05. The number of nitrogen functional groups attached to an aromatic ring is 1. The molecule has 84 valence electrons. The number of aromatic nitrogens is 2. The Balaban J connectivity index is 2.68. The predicted molar refractivity (Wildman–Crippen MR) is 63.1 cm³/mol. The zero-order valence-electron chi connectivity index (χ0n) is 9.16. The molecule has 1 rings (SSSR count). The molecule has 0 bridgehead atoms. The van der Waals surface area contributed by atoms with Gasteiger partial charge in [-0.15, -0.1) is 0 Å². The molecule has 0 saturated heterocycles.